The van der Waals surface area contributed by atoms with Crippen LogP contribution >= 0.6 is 0 Å². The highest BCUT2D eigenvalue weighted by molar-refractivity contribution is 6.03. The van der Waals surface area contributed by atoms with Crippen LogP contribution in [0.25, 0.3) is 32.9 Å². The number of phenolic OH excluding ortho intramolecular Hbond substituents is 1. The first-order chi connectivity index (χ1) is 24.3. The molecule has 2 aromatic carbocycles. The first kappa shape index (κ1) is 27.7. The summed E-state index contributed by atoms with van der Waals surface area (Å²) in [7, 11) is -2.60. The van der Waals surface area contributed by atoms with E-state index in [1.54, 1.807) is 0 Å². The molecule has 0 aliphatic carbocycles. The minimum atomic E-state index is -2.60. The van der Waals surface area contributed by atoms with Crippen LogP contribution in [0, 0.1) is 29.8 Å². The number of methoxy groups -OCH3 is 1. The molecule has 0 amide bonds. The average molecular weight is 666 g/mol. The van der Waals surface area contributed by atoms with Crippen molar-refractivity contribution in [3.63, 3.8) is 0 Å². The van der Waals surface area contributed by atoms with Crippen LogP contribution < -0.4 is 15.0 Å². The number of rotatable bonds is 7. The number of fused-ring (bicyclic) bond motifs is 5. The molecule has 4 aliphatic heterocycles. The number of piperazine rings is 1. The van der Waals surface area contributed by atoms with E-state index in [1.807, 2.05) is 4.90 Å². The maximum absolute atomic E-state index is 17.0. The second kappa shape index (κ2) is 11.4. The summed E-state index contributed by atoms with van der Waals surface area (Å²) >= 11 is 0. The minimum absolute atomic E-state index is 0.0537. The number of ether oxygens (including phenoxy) is 2. The van der Waals surface area contributed by atoms with Gasteiger partial charge in [-0.1, -0.05) is 5.92 Å². The zero-order valence-electron chi connectivity index (χ0n) is 28.8. The molecule has 8 rings (SSSR count). The average Bonchev–Trinajstić information content (AvgIpc) is 3.73. The highest BCUT2D eigenvalue weighted by atomic mass is 19.1. The van der Waals surface area contributed by atoms with Crippen LogP contribution in [0.15, 0.2) is 24.4 Å². The number of pyridine rings is 1. The minimum Gasteiger partial charge on any atom is -0.505 e. The van der Waals surface area contributed by atoms with Crippen molar-refractivity contribution < 1.29 is 36.3 Å². The van der Waals surface area contributed by atoms with Gasteiger partial charge in [0.05, 0.1) is 32.7 Å². The summed E-state index contributed by atoms with van der Waals surface area (Å²) in [5.41, 5.74) is -2.36. The Balaban J connectivity index is 1.27. The number of anilines is 1. The molecule has 13 heteroatoms. The summed E-state index contributed by atoms with van der Waals surface area (Å²) in [6.45, 7) is 1.71. The van der Waals surface area contributed by atoms with Gasteiger partial charge in [-0.25, -0.2) is 17.6 Å². The molecule has 4 aromatic rings. The molecule has 9 nitrogen and oxygen atoms in total. The van der Waals surface area contributed by atoms with Gasteiger partial charge in [0.2, 0.25) is 0 Å². The van der Waals surface area contributed by atoms with Crippen LogP contribution in [-0.4, -0.2) is 94.7 Å². The maximum atomic E-state index is 17.0. The Morgan fingerprint density at radius 1 is 1.17 bits per heavy atom. The molecule has 2 aromatic heterocycles. The number of hydrogen-bond acceptors (Lipinski definition) is 9. The number of aromatic nitrogens is 3. The van der Waals surface area contributed by atoms with Crippen LogP contribution in [0.3, 0.4) is 0 Å². The number of nitrogens with zero attached hydrogens (tertiary/aromatic N) is 5. The van der Waals surface area contributed by atoms with E-state index >= 15 is 8.78 Å². The third-order valence-electron chi connectivity index (χ3n) is 10.5. The predicted octanol–water partition coefficient (Wildman–Crippen LogP) is 4.86. The predicted molar refractivity (Wildman–Crippen MR) is 171 cm³/mol. The first-order valence-corrected chi connectivity index (χ1v) is 15.9. The van der Waals surface area contributed by atoms with E-state index in [0.29, 0.717) is 19.5 Å². The SMILES string of the molecule is [2H]C([2H])([2H])OCC12CCC(CN(c3nc(OC[C@@]45CCCN4C[C@H](F)C5)nc4c(F)c(-c5cc(O)c(F)c6ccc(F)c(C#C)c56)ncc34)C1)N2. The van der Waals surface area contributed by atoms with Crippen LogP contribution in [0.1, 0.15) is 41.8 Å². The number of terminal acetylenes is 1. The smallest absolute Gasteiger partial charge is 0.319 e. The van der Waals surface area contributed by atoms with Crippen LogP contribution in [0.5, 0.6) is 11.8 Å². The van der Waals surface area contributed by atoms with Gasteiger partial charge in [-0.15, -0.1) is 6.42 Å². The molecule has 4 atom stereocenters. The van der Waals surface area contributed by atoms with Crippen molar-refractivity contribution in [1.82, 2.24) is 25.2 Å². The first-order valence-electron chi connectivity index (χ1n) is 17.4. The zero-order valence-corrected chi connectivity index (χ0v) is 25.8. The van der Waals surface area contributed by atoms with E-state index < -0.39 is 47.5 Å². The molecule has 4 aliphatic rings. The fourth-order valence-electron chi connectivity index (χ4n) is 8.39. The molecular weight excluding hydrogens is 628 g/mol. The number of benzene rings is 2. The number of phenols is 1. The normalized spacial score (nSPS) is 28.0. The van der Waals surface area contributed by atoms with E-state index in [1.165, 1.54) is 6.20 Å². The van der Waals surface area contributed by atoms with Gasteiger partial charge >= 0.3 is 6.01 Å². The Labute approximate surface area is 278 Å². The lowest BCUT2D eigenvalue weighted by atomic mass is 9.95. The molecule has 0 spiro atoms. The molecule has 2 unspecified atom stereocenters. The molecule has 4 saturated heterocycles. The molecule has 0 radical (unpaired) electrons. The number of hydrogen-bond donors (Lipinski definition) is 2. The number of halogens is 4. The fourth-order valence-corrected chi connectivity index (χ4v) is 8.39. The van der Waals surface area contributed by atoms with E-state index in [2.05, 4.69) is 26.1 Å². The molecule has 4 fully saturated rings. The Hall–Kier alpha value is -4.25. The molecule has 0 saturated carbocycles. The maximum Gasteiger partial charge on any atom is 0.319 e. The van der Waals surface area contributed by atoms with Gasteiger partial charge in [0.1, 0.15) is 35.6 Å². The quantitative estimate of drug-likeness (QED) is 0.212. The Bertz CT molecular complexity index is 2120. The van der Waals surface area contributed by atoms with E-state index in [9.17, 15) is 13.9 Å². The Morgan fingerprint density at radius 3 is 2.88 bits per heavy atom. The molecule has 2 bridgehead atoms. The monoisotopic (exact) mass is 665 g/mol. The highest BCUT2D eigenvalue weighted by Gasteiger charge is 2.50. The van der Waals surface area contributed by atoms with Crippen LogP contribution in [0.4, 0.5) is 23.4 Å². The van der Waals surface area contributed by atoms with Crippen molar-refractivity contribution >= 4 is 27.5 Å². The summed E-state index contributed by atoms with van der Waals surface area (Å²) < 4.78 is 95.7. The van der Waals surface area contributed by atoms with Gasteiger partial charge in [0.25, 0.3) is 0 Å². The van der Waals surface area contributed by atoms with Gasteiger partial charge < -0.3 is 24.8 Å². The van der Waals surface area contributed by atoms with Gasteiger partial charge in [0, 0.05) is 61.7 Å². The van der Waals surface area contributed by atoms with Gasteiger partial charge in [-0.2, -0.15) is 9.97 Å². The lowest BCUT2D eigenvalue weighted by Crippen LogP contribution is -2.61. The van der Waals surface area contributed by atoms with Gasteiger partial charge in [-0.3, -0.25) is 9.88 Å². The lowest BCUT2D eigenvalue weighted by molar-refractivity contribution is 0.107. The van der Waals surface area contributed by atoms with Crippen molar-refractivity contribution in [2.75, 3.05) is 51.3 Å². The van der Waals surface area contributed by atoms with Gasteiger partial charge in [-0.05, 0) is 50.4 Å². The molecule has 2 N–H and O–H groups in total. The van der Waals surface area contributed by atoms with Gasteiger partial charge in [0.15, 0.2) is 17.4 Å². The van der Waals surface area contributed by atoms with Crippen molar-refractivity contribution in [3.05, 3.63) is 47.4 Å². The van der Waals surface area contributed by atoms with Crippen molar-refractivity contribution in [1.29, 1.82) is 0 Å². The van der Waals surface area contributed by atoms with E-state index in [-0.39, 0.29) is 82.5 Å². The van der Waals surface area contributed by atoms with Crippen LogP contribution in [0.2, 0.25) is 0 Å². The molecule has 48 heavy (non-hydrogen) atoms. The standard InChI is InChI=1S/C35H34F4N6O3/c1-3-21-25(37)6-5-22-27(21)23(11-26(46)28(22)38)30-29(39)31-24(13-40-30)32(44-15-20-7-9-34(16-44,43-20)17-47-2)42-33(41-31)48-18-35-8-4-10-45(35)14-19(36)12-35/h1,5-6,11,13,19-20,43,46H,4,7-10,12,14-18H2,2H3/t19-,20?,34?,35+/m1/s1/i2D3. The van der Waals surface area contributed by atoms with E-state index in [4.69, 9.17) is 25.0 Å². The molecular formula is C35H34F4N6O3. The molecule has 250 valence electrons. The number of aromatic hydroxyl groups is 1. The summed E-state index contributed by atoms with van der Waals surface area (Å²) in [5.74, 6) is -1.21. The Kier molecular flexibility index (Phi) is 6.59. The van der Waals surface area contributed by atoms with Crippen molar-refractivity contribution in [3.8, 4) is 35.4 Å². The fraction of sp³-hybridized carbons (Fsp3) is 0.457. The third-order valence-corrected chi connectivity index (χ3v) is 10.5. The van der Waals surface area contributed by atoms with Crippen molar-refractivity contribution in [2.24, 2.45) is 0 Å². The zero-order chi connectivity index (χ0) is 35.9. The lowest BCUT2D eigenvalue weighted by Gasteiger charge is -2.41. The second-order valence-electron chi connectivity index (χ2n) is 13.5. The summed E-state index contributed by atoms with van der Waals surface area (Å²) in [6, 6.07) is 2.79. The number of nitrogens with one attached hydrogen (secondary N) is 1. The van der Waals surface area contributed by atoms with Crippen LogP contribution in [-0.2, 0) is 4.74 Å². The third kappa shape index (κ3) is 4.83. The highest BCUT2D eigenvalue weighted by Crippen LogP contribution is 2.43. The number of alkyl halides is 1. The van der Waals surface area contributed by atoms with E-state index in [0.717, 1.165) is 44.0 Å². The topological polar surface area (TPSA) is 95.9 Å². The summed E-state index contributed by atoms with van der Waals surface area (Å²) in [6.07, 6.45) is 9.20. The van der Waals surface area contributed by atoms with Crippen molar-refractivity contribution in [2.45, 2.75) is 55.4 Å². The second-order valence-corrected chi connectivity index (χ2v) is 13.5. The summed E-state index contributed by atoms with van der Waals surface area (Å²) in [4.78, 5) is 17.6. The molecule has 6 heterocycles. The largest absolute Gasteiger partial charge is 0.505 e. The Morgan fingerprint density at radius 2 is 2.04 bits per heavy atom. The summed E-state index contributed by atoms with van der Waals surface area (Å²) in [5, 5.41) is 13.8.